The number of hydrogen-bond acceptors (Lipinski definition) is 5. The summed E-state index contributed by atoms with van der Waals surface area (Å²) in [5.41, 5.74) is 1.25. The Hall–Kier alpha value is -3.03. The molecule has 1 aromatic carbocycles. The number of carbonyl (C=O) groups is 2. The van der Waals surface area contributed by atoms with Crippen LogP contribution < -0.4 is 10.2 Å². The van der Waals surface area contributed by atoms with Crippen LogP contribution in [0.1, 0.15) is 23.0 Å². The Morgan fingerprint density at radius 1 is 1.11 bits per heavy atom. The van der Waals surface area contributed by atoms with Crippen LogP contribution in [0.5, 0.6) is 0 Å². The van der Waals surface area contributed by atoms with Gasteiger partial charge in [0.2, 0.25) is 11.9 Å². The number of nitrogens with one attached hydrogen (secondary N) is 1. The van der Waals surface area contributed by atoms with Crippen LogP contribution in [0.2, 0.25) is 0 Å². The van der Waals surface area contributed by atoms with Crippen LogP contribution >= 0.6 is 0 Å². The zero-order chi connectivity index (χ0) is 19.2. The van der Waals surface area contributed by atoms with Gasteiger partial charge < -0.3 is 15.1 Å². The van der Waals surface area contributed by atoms with Gasteiger partial charge in [-0.05, 0) is 30.2 Å². The standard InChI is InChI=1S/C19H22FN5O2/c1-14(26)24-10-12-25(13-11-24)19-22-9-7-17(23-19)18(27)21-8-6-15-2-4-16(20)5-3-15/h2-5,7,9H,6,8,10-13H2,1H3,(H,21,27). The van der Waals surface area contributed by atoms with Crippen molar-refractivity contribution in [2.45, 2.75) is 13.3 Å². The number of nitrogens with zero attached hydrogens (tertiary/aromatic N) is 4. The lowest BCUT2D eigenvalue weighted by Gasteiger charge is -2.34. The van der Waals surface area contributed by atoms with Crippen LogP contribution in [0.15, 0.2) is 36.5 Å². The van der Waals surface area contributed by atoms with Crippen LogP contribution in [-0.4, -0.2) is 59.4 Å². The molecule has 8 heteroatoms. The number of halogens is 1. The molecule has 0 spiro atoms. The third kappa shape index (κ3) is 4.99. The van der Waals surface area contributed by atoms with Gasteiger partial charge in [0, 0.05) is 45.8 Å². The van der Waals surface area contributed by atoms with Gasteiger partial charge in [-0.25, -0.2) is 14.4 Å². The van der Waals surface area contributed by atoms with E-state index in [1.807, 2.05) is 4.90 Å². The van der Waals surface area contributed by atoms with Gasteiger partial charge in [0.15, 0.2) is 0 Å². The molecule has 2 amide bonds. The number of benzene rings is 1. The minimum atomic E-state index is -0.277. The smallest absolute Gasteiger partial charge is 0.270 e. The van der Waals surface area contributed by atoms with Crippen molar-refractivity contribution >= 4 is 17.8 Å². The van der Waals surface area contributed by atoms with Crippen molar-refractivity contribution < 1.29 is 14.0 Å². The monoisotopic (exact) mass is 371 g/mol. The van der Waals surface area contributed by atoms with Gasteiger partial charge in [0.1, 0.15) is 11.5 Å². The highest BCUT2D eigenvalue weighted by Gasteiger charge is 2.21. The van der Waals surface area contributed by atoms with Crippen molar-refractivity contribution in [1.82, 2.24) is 20.2 Å². The van der Waals surface area contributed by atoms with E-state index >= 15 is 0 Å². The molecular formula is C19H22FN5O2. The molecule has 27 heavy (non-hydrogen) atoms. The summed E-state index contributed by atoms with van der Waals surface area (Å²) in [7, 11) is 0. The number of rotatable bonds is 5. The second kappa shape index (κ2) is 8.57. The first-order valence-electron chi connectivity index (χ1n) is 8.89. The summed E-state index contributed by atoms with van der Waals surface area (Å²) in [6.07, 6.45) is 2.17. The largest absolute Gasteiger partial charge is 0.350 e. The number of amides is 2. The first-order valence-corrected chi connectivity index (χ1v) is 8.89. The molecule has 1 aliphatic heterocycles. The maximum Gasteiger partial charge on any atom is 0.270 e. The lowest BCUT2D eigenvalue weighted by atomic mass is 10.1. The fourth-order valence-corrected chi connectivity index (χ4v) is 2.91. The summed E-state index contributed by atoms with van der Waals surface area (Å²) in [4.78, 5) is 36.1. The number of carbonyl (C=O) groups excluding carboxylic acids is 2. The van der Waals surface area contributed by atoms with E-state index in [9.17, 15) is 14.0 Å². The molecule has 0 atom stereocenters. The van der Waals surface area contributed by atoms with Gasteiger partial charge in [-0.2, -0.15) is 0 Å². The van der Waals surface area contributed by atoms with E-state index in [0.29, 0.717) is 50.8 Å². The second-order valence-corrected chi connectivity index (χ2v) is 6.37. The first-order chi connectivity index (χ1) is 13.0. The molecule has 1 saturated heterocycles. The fraction of sp³-hybridized carbons (Fsp3) is 0.368. The Kier molecular flexibility index (Phi) is 5.95. The van der Waals surface area contributed by atoms with E-state index in [2.05, 4.69) is 15.3 Å². The van der Waals surface area contributed by atoms with Gasteiger partial charge >= 0.3 is 0 Å². The predicted octanol–water partition coefficient (Wildman–Crippen LogP) is 1.26. The summed E-state index contributed by atoms with van der Waals surface area (Å²) in [6.45, 7) is 4.49. The van der Waals surface area contributed by atoms with Crippen molar-refractivity contribution in [3.63, 3.8) is 0 Å². The van der Waals surface area contributed by atoms with Crippen LogP contribution in [-0.2, 0) is 11.2 Å². The summed E-state index contributed by atoms with van der Waals surface area (Å²) in [5.74, 6) is -0.00203. The molecule has 0 radical (unpaired) electrons. The lowest BCUT2D eigenvalue weighted by Crippen LogP contribution is -2.48. The highest BCUT2D eigenvalue weighted by molar-refractivity contribution is 5.92. The van der Waals surface area contributed by atoms with E-state index in [1.54, 1.807) is 36.2 Å². The fourth-order valence-electron chi connectivity index (χ4n) is 2.91. The Morgan fingerprint density at radius 2 is 1.81 bits per heavy atom. The van der Waals surface area contributed by atoms with Crippen LogP contribution in [0.3, 0.4) is 0 Å². The van der Waals surface area contributed by atoms with Gasteiger partial charge in [-0.1, -0.05) is 12.1 Å². The van der Waals surface area contributed by atoms with E-state index in [4.69, 9.17) is 0 Å². The quantitative estimate of drug-likeness (QED) is 0.856. The van der Waals surface area contributed by atoms with Gasteiger partial charge in [0.25, 0.3) is 5.91 Å². The number of piperazine rings is 1. The molecule has 3 rings (SSSR count). The first kappa shape index (κ1) is 18.8. The lowest BCUT2D eigenvalue weighted by molar-refractivity contribution is -0.129. The topological polar surface area (TPSA) is 78.4 Å². The Balaban J connectivity index is 1.54. The average Bonchev–Trinajstić information content (AvgIpc) is 2.69. The molecule has 1 aromatic heterocycles. The molecule has 7 nitrogen and oxygen atoms in total. The maximum atomic E-state index is 12.9. The molecule has 2 heterocycles. The van der Waals surface area contributed by atoms with E-state index in [0.717, 1.165) is 5.56 Å². The Bertz CT molecular complexity index is 804. The summed E-state index contributed by atoms with van der Waals surface area (Å²) in [6, 6.07) is 7.78. The number of hydrogen-bond donors (Lipinski definition) is 1. The van der Waals surface area contributed by atoms with E-state index < -0.39 is 0 Å². The van der Waals surface area contributed by atoms with Gasteiger partial charge in [0.05, 0.1) is 0 Å². The number of anilines is 1. The molecular weight excluding hydrogens is 349 g/mol. The second-order valence-electron chi connectivity index (χ2n) is 6.37. The molecule has 1 N–H and O–H groups in total. The molecule has 0 unspecified atom stereocenters. The minimum absolute atomic E-state index is 0.0600. The van der Waals surface area contributed by atoms with Crippen LogP contribution in [0.4, 0.5) is 10.3 Å². The third-order valence-electron chi connectivity index (χ3n) is 4.50. The molecule has 0 saturated carbocycles. The van der Waals surface area contributed by atoms with Gasteiger partial charge in [-0.3, -0.25) is 9.59 Å². The van der Waals surface area contributed by atoms with Crippen molar-refractivity contribution in [1.29, 1.82) is 0 Å². The van der Waals surface area contributed by atoms with Gasteiger partial charge in [-0.15, -0.1) is 0 Å². The van der Waals surface area contributed by atoms with E-state index in [1.165, 1.54) is 12.1 Å². The van der Waals surface area contributed by atoms with E-state index in [-0.39, 0.29) is 17.6 Å². The molecule has 2 aromatic rings. The van der Waals surface area contributed by atoms with Crippen molar-refractivity contribution in [2.24, 2.45) is 0 Å². The molecule has 142 valence electrons. The molecule has 0 aliphatic carbocycles. The summed E-state index contributed by atoms with van der Waals surface area (Å²) < 4.78 is 12.9. The zero-order valence-corrected chi connectivity index (χ0v) is 15.2. The molecule has 1 fully saturated rings. The molecule has 0 bridgehead atoms. The SMILES string of the molecule is CC(=O)N1CCN(c2nccc(C(=O)NCCc3ccc(F)cc3)n2)CC1. The third-order valence-corrected chi connectivity index (χ3v) is 4.50. The highest BCUT2D eigenvalue weighted by atomic mass is 19.1. The summed E-state index contributed by atoms with van der Waals surface area (Å²) >= 11 is 0. The minimum Gasteiger partial charge on any atom is -0.350 e. The van der Waals surface area contributed by atoms with Crippen molar-refractivity contribution in [3.8, 4) is 0 Å². The highest BCUT2D eigenvalue weighted by Crippen LogP contribution is 2.11. The van der Waals surface area contributed by atoms with Crippen molar-refractivity contribution in [3.05, 3.63) is 53.6 Å². The Morgan fingerprint density at radius 3 is 2.48 bits per heavy atom. The number of aromatic nitrogens is 2. The normalized spacial score (nSPS) is 14.1. The predicted molar refractivity (Wildman–Crippen MR) is 98.9 cm³/mol. The average molecular weight is 371 g/mol. The Labute approximate surface area is 157 Å². The van der Waals surface area contributed by atoms with Crippen LogP contribution in [0, 0.1) is 5.82 Å². The van der Waals surface area contributed by atoms with Crippen LogP contribution in [0.25, 0.3) is 0 Å². The maximum absolute atomic E-state index is 12.9. The van der Waals surface area contributed by atoms with Crippen molar-refractivity contribution in [2.75, 3.05) is 37.6 Å². The zero-order valence-electron chi connectivity index (χ0n) is 15.2. The molecule has 1 aliphatic rings. The summed E-state index contributed by atoms with van der Waals surface area (Å²) in [5, 5.41) is 2.82.